The third-order valence-corrected chi connectivity index (χ3v) is 2.82. The first-order valence-corrected chi connectivity index (χ1v) is 4.54. The molecule has 72 valence electrons. The van der Waals surface area contributed by atoms with Crippen molar-refractivity contribution < 1.29 is 9.18 Å². The first-order valence-electron chi connectivity index (χ1n) is 4.54. The van der Waals surface area contributed by atoms with E-state index in [0.29, 0.717) is 0 Å². The molecule has 1 aromatic rings. The van der Waals surface area contributed by atoms with E-state index in [9.17, 15) is 9.18 Å². The summed E-state index contributed by atoms with van der Waals surface area (Å²) in [4.78, 5) is 14.1. The van der Waals surface area contributed by atoms with Crippen molar-refractivity contribution in [2.45, 2.75) is 25.3 Å². The van der Waals surface area contributed by atoms with Gasteiger partial charge in [0, 0.05) is 0 Å². The molecule has 1 unspecified atom stereocenters. The van der Waals surface area contributed by atoms with Gasteiger partial charge in [-0.2, -0.15) is 4.99 Å². The Kier molecular flexibility index (Phi) is 1.97. The summed E-state index contributed by atoms with van der Waals surface area (Å²) in [5.41, 5.74) is 1.40. The smallest absolute Gasteiger partial charge is 0.211 e. The van der Waals surface area contributed by atoms with E-state index >= 15 is 0 Å². The van der Waals surface area contributed by atoms with Gasteiger partial charge >= 0.3 is 0 Å². The van der Waals surface area contributed by atoms with Crippen LogP contribution in [0.25, 0.3) is 0 Å². The van der Waals surface area contributed by atoms with Crippen molar-refractivity contribution in [2.24, 2.45) is 4.99 Å². The zero-order valence-corrected chi connectivity index (χ0v) is 7.88. The first-order chi connectivity index (χ1) is 6.65. The molecule has 0 saturated heterocycles. The summed E-state index contributed by atoms with van der Waals surface area (Å²) >= 11 is 0. The molecule has 1 aliphatic rings. The van der Waals surface area contributed by atoms with Crippen LogP contribution in [0.5, 0.6) is 0 Å². The predicted molar refractivity (Wildman–Crippen MR) is 50.2 cm³/mol. The van der Waals surface area contributed by atoms with Crippen LogP contribution in [-0.4, -0.2) is 6.08 Å². The zero-order valence-electron chi connectivity index (χ0n) is 7.88. The van der Waals surface area contributed by atoms with Gasteiger partial charge in [0.25, 0.3) is 0 Å². The average Bonchev–Trinajstić information content (AvgIpc) is 2.44. The maximum absolute atomic E-state index is 12.9. The van der Waals surface area contributed by atoms with Crippen LogP contribution < -0.4 is 0 Å². The van der Waals surface area contributed by atoms with Gasteiger partial charge in [-0.25, -0.2) is 9.18 Å². The summed E-state index contributed by atoms with van der Waals surface area (Å²) in [6.45, 7) is 1.88. The van der Waals surface area contributed by atoms with Gasteiger partial charge < -0.3 is 0 Å². The largest absolute Gasteiger partial charge is 0.235 e. The fourth-order valence-electron chi connectivity index (χ4n) is 2.02. The van der Waals surface area contributed by atoms with Crippen molar-refractivity contribution in [3.8, 4) is 0 Å². The summed E-state index contributed by atoms with van der Waals surface area (Å²) in [5, 5.41) is 0. The van der Waals surface area contributed by atoms with Crippen molar-refractivity contribution in [1.82, 2.24) is 0 Å². The number of halogens is 1. The lowest BCUT2D eigenvalue weighted by atomic mass is 9.95. The normalized spacial score (nSPS) is 24.1. The van der Waals surface area contributed by atoms with Gasteiger partial charge in [-0.1, -0.05) is 6.07 Å². The van der Waals surface area contributed by atoms with Crippen LogP contribution in [0.1, 0.15) is 24.5 Å². The molecular weight excluding hydrogens is 181 g/mol. The number of nitrogens with zero attached hydrogens (tertiary/aromatic N) is 1. The SMILES string of the molecule is CC1(N=C=O)CCc2cc(F)ccc21. The quantitative estimate of drug-likeness (QED) is 0.494. The first kappa shape index (κ1) is 9.10. The number of isocyanates is 1. The molecule has 0 aliphatic heterocycles. The summed E-state index contributed by atoms with van der Waals surface area (Å²) in [6.07, 6.45) is 3.11. The maximum Gasteiger partial charge on any atom is 0.235 e. The van der Waals surface area contributed by atoms with Gasteiger partial charge in [0.15, 0.2) is 0 Å². The third kappa shape index (κ3) is 1.26. The van der Waals surface area contributed by atoms with Crippen molar-refractivity contribution in [1.29, 1.82) is 0 Å². The topological polar surface area (TPSA) is 29.4 Å². The van der Waals surface area contributed by atoms with Crippen molar-refractivity contribution >= 4 is 6.08 Å². The lowest BCUT2D eigenvalue weighted by Crippen LogP contribution is -2.14. The van der Waals surface area contributed by atoms with Crippen molar-refractivity contribution in [2.75, 3.05) is 0 Å². The summed E-state index contributed by atoms with van der Waals surface area (Å²) < 4.78 is 12.9. The Morgan fingerprint density at radius 2 is 2.36 bits per heavy atom. The highest BCUT2D eigenvalue weighted by atomic mass is 19.1. The van der Waals surface area contributed by atoms with Crippen LogP contribution >= 0.6 is 0 Å². The monoisotopic (exact) mass is 191 g/mol. The average molecular weight is 191 g/mol. The molecule has 2 rings (SSSR count). The molecule has 3 heteroatoms. The predicted octanol–water partition coefficient (Wildman–Crippen LogP) is 2.32. The van der Waals surface area contributed by atoms with Gasteiger partial charge in [0.1, 0.15) is 5.82 Å². The van der Waals surface area contributed by atoms with Crippen LogP contribution in [0.15, 0.2) is 23.2 Å². The van der Waals surface area contributed by atoms with E-state index in [2.05, 4.69) is 4.99 Å². The summed E-state index contributed by atoms with van der Waals surface area (Å²) in [6, 6.07) is 4.63. The second-order valence-electron chi connectivity index (χ2n) is 3.78. The fraction of sp³-hybridized carbons (Fsp3) is 0.364. The Hall–Kier alpha value is -1.47. The number of aryl methyl sites for hydroxylation is 1. The molecule has 0 N–H and O–H groups in total. The molecule has 0 spiro atoms. The van der Waals surface area contributed by atoms with Crippen LogP contribution in [0, 0.1) is 5.82 Å². The van der Waals surface area contributed by atoms with Gasteiger partial charge in [-0.15, -0.1) is 0 Å². The lowest BCUT2D eigenvalue weighted by Gasteiger charge is -2.17. The van der Waals surface area contributed by atoms with Gasteiger partial charge in [-0.05, 0) is 43.0 Å². The molecule has 0 amide bonds. The second-order valence-corrected chi connectivity index (χ2v) is 3.78. The van der Waals surface area contributed by atoms with E-state index in [1.165, 1.54) is 12.1 Å². The molecule has 2 nitrogen and oxygen atoms in total. The summed E-state index contributed by atoms with van der Waals surface area (Å²) in [7, 11) is 0. The Morgan fingerprint density at radius 3 is 3.07 bits per heavy atom. The van der Waals surface area contributed by atoms with Crippen molar-refractivity contribution in [3.05, 3.63) is 35.1 Å². The maximum atomic E-state index is 12.9. The molecule has 0 aromatic heterocycles. The standard InChI is InChI=1S/C11H10FNO/c1-11(13-7-14)5-4-8-6-9(12)2-3-10(8)11/h2-3,6H,4-5H2,1H3. The summed E-state index contributed by atoms with van der Waals surface area (Å²) in [5.74, 6) is -0.233. The molecule has 0 heterocycles. The minimum absolute atomic E-state index is 0.233. The number of hydrogen-bond donors (Lipinski definition) is 0. The van der Waals surface area contributed by atoms with Gasteiger partial charge in [0.2, 0.25) is 6.08 Å². The fourth-order valence-corrected chi connectivity index (χ4v) is 2.02. The van der Waals surface area contributed by atoms with Gasteiger partial charge in [0.05, 0.1) is 5.54 Å². The zero-order chi connectivity index (χ0) is 10.2. The highest BCUT2D eigenvalue weighted by Crippen LogP contribution is 2.39. The minimum atomic E-state index is -0.495. The minimum Gasteiger partial charge on any atom is -0.211 e. The second kappa shape index (κ2) is 3.03. The van der Waals surface area contributed by atoms with Crippen LogP contribution in [0.2, 0.25) is 0 Å². The molecule has 0 bridgehead atoms. The Bertz CT molecular complexity index is 423. The molecule has 0 fully saturated rings. The number of rotatable bonds is 1. The molecule has 1 aliphatic carbocycles. The lowest BCUT2D eigenvalue weighted by molar-refractivity contribution is 0.481. The number of fused-ring (bicyclic) bond motifs is 1. The number of aliphatic imine (C=N–C) groups is 1. The highest BCUT2D eigenvalue weighted by Gasteiger charge is 2.34. The Morgan fingerprint density at radius 1 is 1.57 bits per heavy atom. The third-order valence-electron chi connectivity index (χ3n) is 2.82. The van der Waals surface area contributed by atoms with E-state index < -0.39 is 5.54 Å². The highest BCUT2D eigenvalue weighted by molar-refractivity contribution is 5.43. The van der Waals surface area contributed by atoms with E-state index in [0.717, 1.165) is 24.0 Å². The Labute approximate surface area is 81.5 Å². The molecule has 14 heavy (non-hydrogen) atoms. The van der Waals surface area contributed by atoms with Crippen LogP contribution in [-0.2, 0) is 16.8 Å². The number of carbonyl (C=O) groups excluding carboxylic acids is 1. The van der Waals surface area contributed by atoms with E-state index in [4.69, 9.17) is 0 Å². The number of benzene rings is 1. The molecule has 0 radical (unpaired) electrons. The van der Waals surface area contributed by atoms with E-state index in [1.807, 2.05) is 6.92 Å². The van der Waals surface area contributed by atoms with E-state index in [-0.39, 0.29) is 5.82 Å². The molecular formula is C11H10FNO. The van der Waals surface area contributed by atoms with Crippen LogP contribution in [0.4, 0.5) is 4.39 Å². The number of hydrogen-bond acceptors (Lipinski definition) is 2. The Balaban J connectivity index is 2.54. The molecule has 1 aromatic carbocycles. The van der Waals surface area contributed by atoms with Crippen LogP contribution in [0.3, 0.4) is 0 Å². The van der Waals surface area contributed by atoms with Gasteiger partial charge in [-0.3, -0.25) is 0 Å². The van der Waals surface area contributed by atoms with Crippen molar-refractivity contribution in [3.63, 3.8) is 0 Å². The molecule has 1 atom stereocenters. The van der Waals surface area contributed by atoms with E-state index in [1.54, 1.807) is 12.1 Å². The molecule has 0 saturated carbocycles.